The van der Waals surface area contributed by atoms with Crippen molar-refractivity contribution in [2.45, 2.75) is 26.4 Å². The molecule has 0 saturated heterocycles. The van der Waals surface area contributed by atoms with Crippen molar-refractivity contribution in [1.82, 2.24) is 4.90 Å². The van der Waals surface area contributed by atoms with Crippen LogP contribution in [0.4, 0.5) is 0 Å². The SMILES string of the molecule is CCOCCN(CCOCC)CC(C)(O)C(=O)OC. The van der Waals surface area contributed by atoms with Crippen molar-refractivity contribution >= 4 is 5.97 Å². The minimum Gasteiger partial charge on any atom is -0.467 e. The molecule has 6 heteroatoms. The van der Waals surface area contributed by atoms with Gasteiger partial charge in [-0.25, -0.2) is 4.79 Å². The van der Waals surface area contributed by atoms with Gasteiger partial charge in [-0.2, -0.15) is 0 Å². The molecule has 0 amide bonds. The molecule has 0 aromatic heterocycles. The van der Waals surface area contributed by atoms with Gasteiger partial charge in [0.25, 0.3) is 0 Å². The number of aliphatic hydroxyl groups is 1. The molecule has 114 valence electrons. The zero-order valence-corrected chi connectivity index (χ0v) is 12.5. The summed E-state index contributed by atoms with van der Waals surface area (Å²) >= 11 is 0. The first-order valence-corrected chi connectivity index (χ1v) is 6.66. The van der Waals surface area contributed by atoms with E-state index in [1.165, 1.54) is 14.0 Å². The Balaban J connectivity index is 4.33. The molecule has 0 aliphatic heterocycles. The van der Waals surface area contributed by atoms with E-state index < -0.39 is 11.6 Å². The minimum atomic E-state index is -1.52. The Kier molecular flexibility index (Phi) is 9.77. The number of hydrogen-bond donors (Lipinski definition) is 1. The molecular weight excluding hydrogens is 250 g/mol. The molecule has 0 aliphatic rings. The third kappa shape index (κ3) is 8.15. The molecule has 1 N–H and O–H groups in total. The highest BCUT2D eigenvalue weighted by Gasteiger charge is 2.33. The zero-order valence-electron chi connectivity index (χ0n) is 12.5. The van der Waals surface area contributed by atoms with Gasteiger partial charge in [-0.15, -0.1) is 0 Å². The largest absolute Gasteiger partial charge is 0.467 e. The maximum Gasteiger partial charge on any atom is 0.338 e. The maximum absolute atomic E-state index is 11.5. The van der Waals surface area contributed by atoms with Gasteiger partial charge < -0.3 is 19.3 Å². The average Bonchev–Trinajstić information content (AvgIpc) is 2.37. The second kappa shape index (κ2) is 10.1. The molecule has 0 aromatic carbocycles. The molecule has 0 bridgehead atoms. The molecule has 19 heavy (non-hydrogen) atoms. The Bertz CT molecular complexity index is 235. The van der Waals surface area contributed by atoms with Gasteiger partial charge in [0.05, 0.1) is 20.3 Å². The van der Waals surface area contributed by atoms with E-state index in [0.717, 1.165) is 0 Å². The standard InChI is InChI=1S/C13H27NO5/c1-5-18-9-7-14(8-10-19-6-2)11-13(3,16)12(15)17-4/h16H,5-11H2,1-4H3. The van der Waals surface area contributed by atoms with E-state index in [4.69, 9.17) is 9.47 Å². The number of esters is 1. The van der Waals surface area contributed by atoms with Gasteiger partial charge >= 0.3 is 5.97 Å². The summed E-state index contributed by atoms with van der Waals surface area (Å²) in [5.74, 6) is -0.634. The van der Waals surface area contributed by atoms with Gasteiger partial charge in [0.15, 0.2) is 5.60 Å². The lowest BCUT2D eigenvalue weighted by Crippen LogP contribution is -2.49. The fourth-order valence-corrected chi connectivity index (χ4v) is 1.67. The molecule has 0 aromatic rings. The second-order valence-electron chi connectivity index (χ2n) is 4.44. The van der Waals surface area contributed by atoms with Crippen LogP contribution in [0.25, 0.3) is 0 Å². The number of ether oxygens (including phenoxy) is 3. The minimum absolute atomic E-state index is 0.194. The second-order valence-corrected chi connectivity index (χ2v) is 4.44. The smallest absolute Gasteiger partial charge is 0.338 e. The van der Waals surface area contributed by atoms with Gasteiger partial charge in [0.2, 0.25) is 0 Å². The van der Waals surface area contributed by atoms with Crippen LogP contribution in [0.3, 0.4) is 0 Å². The molecule has 0 aliphatic carbocycles. The monoisotopic (exact) mass is 277 g/mol. The quantitative estimate of drug-likeness (QED) is 0.432. The van der Waals surface area contributed by atoms with E-state index in [2.05, 4.69) is 4.74 Å². The van der Waals surface area contributed by atoms with Gasteiger partial charge in [0.1, 0.15) is 0 Å². The van der Waals surface area contributed by atoms with E-state index in [0.29, 0.717) is 39.5 Å². The number of methoxy groups -OCH3 is 1. The van der Waals surface area contributed by atoms with Gasteiger partial charge in [0, 0.05) is 32.8 Å². The van der Waals surface area contributed by atoms with Crippen molar-refractivity contribution in [3.8, 4) is 0 Å². The predicted octanol–water partition coefficient (Wildman–Crippen LogP) is 0.285. The molecule has 0 saturated carbocycles. The van der Waals surface area contributed by atoms with Crippen molar-refractivity contribution < 1.29 is 24.1 Å². The van der Waals surface area contributed by atoms with E-state index in [9.17, 15) is 9.90 Å². The summed E-state index contributed by atoms with van der Waals surface area (Å²) in [6.07, 6.45) is 0. The lowest BCUT2D eigenvalue weighted by Gasteiger charge is -2.29. The first-order valence-electron chi connectivity index (χ1n) is 6.66. The highest BCUT2D eigenvalue weighted by atomic mass is 16.5. The third-order valence-corrected chi connectivity index (χ3v) is 2.67. The topological polar surface area (TPSA) is 68.2 Å². The number of carbonyl (C=O) groups excluding carboxylic acids is 1. The number of carbonyl (C=O) groups is 1. The van der Waals surface area contributed by atoms with E-state index >= 15 is 0 Å². The average molecular weight is 277 g/mol. The van der Waals surface area contributed by atoms with Crippen molar-refractivity contribution in [2.24, 2.45) is 0 Å². The van der Waals surface area contributed by atoms with Gasteiger partial charge in [-0.3, -0.25) is 4.90 Å². The van der Waals surface area contributed by atoms with Crippen molar-refractivity contribution in [3.63, 3.8) is 0 Å². The van der Waals surface area contributed by atoms with Crippen LogP contribution < -0.4 is 0 Å². The normalized spacial score (nSPS) is 14.4. The van der Waals surface area contributed by atoms with Crippen molar-refractivity contribution in [1.29, 1.82) is 0 Å². The highest BCUT2D eigenvalue weighted by Crippen LogP contribution is 2.08. The van der Waals surface area contributed by atoms with Crippen LogP contribution in [-0.4, -0.2) is 74.7 Å². The Morgan fingerprint density at radius 3 is 2.00 bits per heavy atom. The van der Waals surface area contributed by atoms with Crippen molar-refractivity contribution in [3.05, 3.63) is 0 Å². The summed E-state index contributed by atoms with van der Waals surface area (Å²) in [5, 5.41) is 10.1. The number of hydrogen-bond acceptors (Lipinski definition) is 6. The molecule has 0 fully saturated rings. The summed E-state index contributed by atoms with van der Waals surface area (Å²) in [7, 11) is 1.27. The molecule has 0 radical (unpaired) electrons. The van der Waals surface area contributed by atoms with Crippen LogP contribution in [0, 0.1) is 0 Å². The summed E-state index contributed by atoms with van der Waals surface area (Å²) < 4.78 is 15.2. The van der Waals surface area contributed by atoms with Crippen LogP contribution in [0.2, 0.25) is 0 Å². The van der Waals surface area contributed by atoms with Crippen LogP contribution in [0.15, 0.2) is 0 Å². The third-order valence-electron chi connectivity index (χ3n) is 2.67. The molecule has 1 unspecified atom stereocenters. The Morgan fingerprint density at radius 2 is 1.63 bits per heavy atom. The fourth-order valence-electron chi connectivity index (χ4n) is 1.67. The number of nitrogens with zero attached hydrogens (tertiary/aromatic N) is 1. The van der Waals surface area contributed by atoms with Crippen LogP contribution in [0.5, 0.6) is 0 Å². The lowest BCUT2D eigenvalue weighted by molar-refractivity contribution is -0.162. The van der Waals surface area contributed by atoms with Crippen LogP contribution in [0.1, 0.15) is 20.8 Å². The van der Waals surface area contributed by atoms with E-state index in [1.807, 2.05) is 18.7 Å². The fraction of sp³-hybridized carbons (Fsp3) is 0.923. The molecule has 0 spiro atoms. The Hall–Kier alpha value is -0.690. The first-order chi connectivity index (χ1) is 8.97. The predicted molar refractivity (Wildman–Crippen MR) is 72.1 cm³/mol. The Labute approximate surface area is 115 Å². The van der Waals surface area contributed by atoms with Crippen LogP contribution >= 0.6 is 0 Å². The summed E-state index contributed by atoms with van der Waals surface area (Å²) in [6.45, 7) is 9.17. The van der Waals surface area contributed by atoms with Crippen LogP contribution in [-0.2, 0) is 19.0 Å². The molecular formula is C13H27NO5. The maximum atomic E-state index is 11.5. The summed E-state index contributed by atoms with van der Waals surface area (Å²) in [6, 6.07) is 0. The molecule has 1 atom stereocenters. The summed E-state index contributed by atoms with van der Waals surface area (Å²) in [4.78, 5) is 13.4. The van der Waals surface area contributed by atoms with E-state index in [1.54, 1.807) is 0 Å². The van der Waals surface area contributed by atoms with E-state index in [-0.39, 0.29) is 6.54 Å². The zero-order chi connectivity index (χ0) is 14.7. The molecule has 0 rings (SSSR count). The van der Waals surface area contributed by atoms with Gasteiger partial charge in [-0.1, -0.05) is 0 Å². The summed E-state index contributed by atoms with van der Waals surface area (Å²) in [5.41, 5.74) is -1.52. The highest BCUT2D eigenvalue weighted by molar-refractivity contribution is 5.78. The number of rotatable bonds is 11. The van der Waals surface area contributed by atoms with Gasteiger partial charge in [-0.05, 0) is 20.8 Å². The molecule has 0 heterocycles. The Morgan fingerprint density at radius 1 is 1.16 bits per heavy atom. The first kappa shape index (κ1) is 18.3. The van der Waals surface area contributed by atoms with Crippen molar-refractivity contribution in [2.75, 3.05) is 53.2 Å². The lowest BCUT2D eigenvalue weighted by atomic mass is 10.1. The molecule has 6 nitrogen and oxygen atoms in total.